The van der Waals surface area contributed by atoms with Gasteiger partial charge in [-0.2, -0.15) is 0 Å². The van der Waals surface area contributed by atoms with Crippen molar-refractivity contribution in [1.29, 1.82) is 0 Å². The highest BCUT2D eigenvalue weighted by Gasteiger charge is 2.17. The van der Waals surface area contributed by atoms with Crippen LogP contribution < -0.4 is 4.74 Å². The fourth-order valence-corrected chi connectivity index (χ4v) is 1.45. The van der Waals surface area contributed by atoms with Gasteiger partial charge in [0.15, 0.2) is 0 Å². The molecule has 1 saturated carbocycles. The fourth-order valence-electron chi connectivity index (χ4n) is 1.45. The standard InChI is InChI=1S/C11H15NO.C2H6/c1-9-5-6-12-11(7-9)13-8-10-3-2-4-10;1-2/h5-7,10H,2-4,8H2,1H3;1-2H3. The van der Waals surface area contributed by atoms with E-state index in [1.54, 1.807) is 6.20 Å². The molecule has 1 aromatic rings. The molecule has 1 aromatic heterocycles. The Morgan fingerprint density at radius 1 is 1.40 bits per heavy atom. The second kappa shape index (κ2) is 6.44. The number of aryl methyl sites for hydroxylation is 1. The molecular weight excluding hydrogens is 186 g/mol. The van der Waals surface area contributed by atoms with E-state index in [0.29, 0.717) is 0 Å². The molecule has 0 N–H and O–H groups in total. The number of rotatable bonds is 3. The van der Waals surface area contributed by atoms with Crippen molar-refractivity contribution < 1.29 is 4.74 Å². The normalized spacial score (nSPS) is 14.9. The third-order valence-corrected chi connectivity index (χ3v) is 2.58. The van der Waals surface area contributed by atoms with Crippen molar-refractivity contribution in [3.8, 4) is 5.88 Å². The summed E-state index contributed by atoms with van der Waals surface area (Å²) in [6.45, 7) is 6.90. The largest absolute Gasteiger partial charge is 0.477 e. The Bertz CT molecular complexity index is 282. The minimum absolute atomic E-state index is 0.770. The molecule has 0 bridgehead atoms. The Hall–Kier alpha value is -1.05. The number of nitrogens with zero attached hydrogens (tertiary/aromatic N) is 1. The van der Waals surface area contributed by atoms with Gasteiger partial charge in [0.1, 0.15) is 0 Å². The fraction of sp³-hybridized carbons (Fsp3) is 0.615. The van der Waals surface area contributed by atoms with Gasteiger partial charge in [-0.25, -0.2) is 4.98 Å². The quantitative estimate of drug-likeness (QED) is 0.755. The molecule has 2 nitrogen and oxygen atoms in total. The van der Waals surface area contributed by atoms with E-state index in [9.17, 15) is 0 Å². The molecule has 1 aliphatic carbocycles. The Morgan fingerprint density at radius 2 is 2.13 bits per heavy atom. The summed E-state index contributed by atoms with van der Waals surface area (Å²) < 4.78 is 5.58. The van der Waals surface area contributed by atoms with Gasteiger partial charge in [0, 0.05) is 12.3 Å². The number of ether oxygens (including phenoxy) is 1. The summed E-state index contributed by atoms with van der Waals surface area (Å²) in [5.74, 6) is 1.55. The zero-order chi connectivity index (χ0) is 11.1. The molecule has 0 radical (unpaired) electrons. The molecule has 0 spiro atoms. The van der Waals surface area contributed by atoms with Crippen LogP contribution in [-0.2, 0) is 0 Å². The molecule has 0 aliphatic heterocycles. The molecule has 0 amide bonds. The Balaban J connectivity index is 0.000000531. The minimum Gasteiger partial charge on any atom is -0.477 e. The monoisotopic (exact) mass is 207 g/mol. The minimum atomic E-state index is 0.770. The van der Waals surface area contributed by atoms with Crippen LogP contribution in [0.4, 0.5) is 0 Å². The predicted octanol–water partition coefficient (Wildman–Crippen LogP) is 3.60. The van der Waals surface area contributed by atoms with Crippen LogP contribution in [0, 0.1) is 12.8 Å². The van der Waals surface area contributed by atoms with Crippen molar-refractivity contribution in [2.24, 2.45) is 5.92 Å². The molecule has 0 atom stereocenters. The van der Waals surface area contributed by atoms with Gasteiger partial charge in [0.25, 0.3) is 0 Å². The number of pyridine rings is 1. The van der Waals surface area contributed by atoms with E-state index in [1.165, 1.54) is 24.8 Å². The Kier molecular flexibility index (Phi) is 5.16. The smallest absolute Gasteiger partial charge is 0.213 e. The van der Waals surface area contributed by atoms with Crippen molar-refractivity contribution in [3.63, 3.8) is 0 Å². The summed E-state index contributed by atoms with van der Waals surface area (Å²) in [4.78, 5) is 4.15. The van der Waals surface area contributed by atoms with Crippen molar-refractivity contribution >= 4 is 0 Å². The summed E-state index contributed by atoms with van der Waals surface area (Å²) in [7, 11) is 0. The molecular formula is C13H21NO. The Labute approximate surface area is 92.7 Å². The average molecular weight is 207 g/mol. The average Bonchev–Trinajstić information content (AvgIpc) is 2.19. The van der Waals surface area contributed by atoms with Crippen molar-refractivity contribution in [2.45, 2.75) is 40.0 Å². The highest BCUT2D eigenvalue weighted by atomic mass is 16.5. The van der Waals surface area contributed by atoms with Crippen LogP contribution in [-0.4, -0.2) is 11.6 Å². The van der Waals surface area contributed by atoms with Crippen LogP contribution in [0.15, 0.2) is 18.3 Å². The molecule has 84 valence electrons. The third-order valence-electron chi connectivity index (χ3n) is 2.58. The van der Waals surface area contributed by atoms with E-state index < -0.39 is 0 Å². The SMILES string of the molecule is CC.Cc1ccnc(OCC2CCC2)c1. The van der Waals surface area contributed by atoms with Crippen LogP contribution in [0.3, 0.4) is 0 Å². The molecule has 1 heterocycles. The second-order valence-corrected chi connectivity index (χ2v) is 3.78. The third kappa shape index (κ3) is 3.90. The van der Waals surface area contributed by atoms with E-state index in [-0.39, 0.29) is 0 Å². The van der Waals surface area contributed by atoms with Crippen LogP contribution in [0.25, 0.3) is 0 Å². The predicted molar refractivity (Wildman–Crippen MR) is 63.2 cm³/mol. The molecule has 0 aromatic carbocycles. The van der Waals surface area contributed by atoms with Gasteiger partial charge < -0.3 is 4.74 Å². The van der Waals surface area contributed by atoms with Gasteiger partial charge in [-0.3, -0.25) is 0 Å². The lowest BCUT2D eigenvalue weighted by atomic mass is 9.86. The van der Waals surface area contributed by atoms with Crippen LogP contribution in [0.2, 0.25) is 0 Å². The lowest BCUT2D eigenvalue weighted by Gasteiger charge is -2.24. The summed E-state index contributed by atoms with van der Waals surface area (Å²) >= 11 is 0. The molecule has 2 rings (SSSR count). The van der Waals surface area contributed by atoms with Gasteiger partial charge in [-0.1, -0.05) is 20.3 Å². The summed E-state index contributed by atoms with van der Waals surface area (Å²) in [6, 6.07) is 3.97. The highest BCUT2D eigenvalue weighted by molar-refractivity contribution is 5.18. The van der Waals surface area contributed by atoms with E-state index in [1.807, 2.05) is 26.0 Å². The van der Waals surface area contributed by atoms with Gasteiger partial charge in [-0.05, 0) is 37.3 Å². The summed E-state index contributed by atoms with van der Waals surface area (Å²) in [5.41, 5.74) is 1.21. The zero-order valence-corrected chi connectivity index (χ0v) is 9.99. The first-order chi connectivity index (χ1) is 7.34. The first kappa shape index (κ1) is 12.0. The molecule has 1 fully saturated rings. The van der Waals surface area contributed by atoms with Crippen LogP contribution in [0.5, 0.6) is 5.88 Å². The number of aromatic nitrogens is 1. The lowest BCUT2D eigenvalue weighted by Crippen LogP contribution is -2.19. The van der Waals surface area contributed by atoms with Gasteiger partial charge in [-0.15, -0.1) is 0 Å². The maximum absolute atomic E-state index is 5.58. The van der Waals surface area contributed by atoms with Gasteiger partial charge >= 0.3 is 0 Å². The molecule has 15 heavy (non-hydrogen) atoms. The van der Waals surface area contributed by atoms with Crippen molar-refractivity contribution in [3.05, 3.63) is 23.9 Å². The van der Waals surface area contributed by atoms with E-state index in [4.69, 9.17) is 4.74 Å². The van der Waals surface area contributed by atoms with Crippen LogP contribution >= 0.6 is 0 Å². The highest BCUT2D eigenvalue weighted by Crippen LogP contribution is 2.26. The first-order valence-electron chi connectivity index (χ1n) is 5.90. The maximum Gasteiger partial charge on any atom is 0.213 e. The summed E-state index contributed by atoms with van der Waals surface area (Å²) in [5, 5.41) is 0. The summed E-state index contributed by atoms with van der Waals surface area (Å²) in [6.07, 6.45) is 5.82. The van der Waals surface area contributed by atoms with Crippen LogP contribution in [0.1, 0.15) is 38.7 Å². The molecule has 1 aliphatic rings. The molecule has 2 heteroatoms. The lowest BCUT2D eigenvalue weighted by molar-refractivity contribution is 0.175. The maximum atomic E-state index is 5.58. The topological polar surface area (TPSA) is 22.1 Å². The van der Waals surface area contributed by atoms with E-state index in [2.05, 4.69) is 11.9 Å². The van der Waals surface area contributed by atoms with Gasteiger partial charge in [0.2, 0.25) is 5.88 Å². The second-order valence-electron chi connectivity index (χ2n) is 3.78. The zero-order valence-electron chi connectivity index (χ0n) is 9.99. The first-order valence-corrected chi connectivity index (χ1v) is 5.90. The van der Waals surface area contributed by atoms with Crippen molar-refractivity contribution in [1.82, 2.24) is 4.98 Å². The van der Waals surface area contributed by atoms with Gasteiger partial charge in [0.05, 0.1) is 6.61 Å². The van der Waals surface area contributed by atoms with E-state index >= 15 is 0 Å². The molecule has 0 unspecified atom stereocenters. The van der Waals surface area contributed by atoms with E-state index in [0.717, 1.165) is 18.4 Å². The number of hydrogen-bond donors (Lipinski definition) is 0. The van der Waals surface area contributed by atoms with Crippen molar-refractivity contribution in [2.75, 3.05) is 6.61 Å². The molecule has 0 saturated heterocycles. The Morgan fingerprint density at radius 3 is 2.67 bits per heavy atom. The number of hydrogen-bond acceptors (Lipinski definition) is 2.